The predicted octanol–water partition coefficient (Wildman–Crippen LogP) is 4.45. The topological polar surface area (TPSA) is 9.23 Å². The molecular weight excluding hydrogens is 184 g/mol. The highest BCUT2D eigenvalue weighted by Gasteiger charge is 2.11. The lowest BCUT2D eigenvalue weighted by molar-refractivity contribution is 0.229. The van der Waals surface area contributed by atoms with E-state index >= 15 is 0 Å². The van der Waals surface area contributed by atoms with Crippen molar-refractivity contribution in [1.29, 1.82) is 0 Å². The number of allylic oxidation sites excluding steroid dienone is 4. The van der Waals surface area contributed by atoms with E-state index in [0.717, 1.165) is 24.4 Å². The van der Waals surface area contributed by atoms with Gasteiger partial charge in [-0.05, 0) is 12.8 Å². The quantitative estimate of drug-likeness (QED) is 0.421. The second-order valence-corrected chi connectivity index (χ2v) is 3.89. The fraction of sp³-hybridized carbons (Fsp3) is 0.429. The van der Waals surface area contributed by atoms with Gasteiger partial charge in [0.1, 0.15) is 0 Å². The molecule has 0 aromatic rings. The Labute approximate surface area is 93.8 Å². The number of hydrogen-bond donors (Lipinski definition) is 0. The molecule has 2 unspecified atom stereocenters. The zero-order valence-corrected chi connectivity index (χ0v) is 9.96. The van der Waals surface area contributed by atoms with Gasteiger partial charge in [-0.3, -0.25) is 0 Å². The van der Waals surface area contributed by atoms with Crippen LogP contribution in [0.1, 0.15) is 26.7 Å². The molecule has 0 saturated heterocycles. The van der Waals surface area contributed by atoms with Gasteiger partial charge >= 0.3 is 0 Å². The third kappa shape index (κ3) is 5.26. The highest BCUT2D eigenvalue weighted by molar-refractivity contribution is 5.01. The Morgan fingerprint density at radius 2 is 1.33 bits per heavy atom. The van der Waals surface area contributed by atoms with Crippen LogP contribution in [0.2, 0.25) is 0 Å². The molecule has 1 nitrogen and oxygen atoms in total. The van der Waals surface area contributed by atoms with Gasteiger partial charge in [-0.25, -0.2) is 0 Å². The molecule has 1 heteroatoms. The largest absolute Gasteiger partial charge is 0.467 e. The van der Waals surface area contributed by atoms with Gasteiger partial charge in [-0.1, -0.05) is 39.2 Å². The molecule has 0 bridgehead atoms. The summed E-state index contributed by atoms with van der Waals surface area (Å²) < 4.78 is 5.59. The maximum Gasteiger partial charge on any atom is 0.0995 e. The summed E-state index contributed by atoms with van der Waals surface area (Å²) in [7, 11) is 0. The monoisotopic (exact) mass is 206 g/mol. The molecule has 0 aromatic carbocycles. The van der Waals surface area contributed by atoms with E-state index in [1.807, 2.05) is 12.2 Å². The number of ether oxygens (including phenoxy) is 1. The Kier molecular flexibility index (Phi) is 6.52. The molecule has 0 aliphatic heterocycles. The molecule has 15 heavy (non-hydrogen) atoms. The molecule has 0 N–H and O–H groups in total. The predicted molar refractivity (Wildman–Crippen MR) is 67.3 cm³/mol. The minimum atomic E-state index is 0.287. The van der Waals surface area contributed by atoms with Gasteiger partial charge in [0.05, 0.1) is 11.5 Å². The van der Waals surface area contributed by atoms with E-state index in [1.165, 1.54) is 0 Å². The lowest BCUT2D eigenvalue weighted by atomic mass is 10.0. The molecule has 84 valence electrons. The molecule has 0 aliphatic carbocycles. The molecule has 0 aliphatic rings. The van der Waals surface area contributed by atoms with Crippen LogP contribution in [0.25, 0.3) is 0 Å². The SMILES string of the molecule is C=CCC(C)C(=C)OC(=C)C(C)CC=C. The second kappa shape index (κ2) is 7.10. The highest BCUT2D eigenvalue weighted by atomic mass is 16.5. The van der Waals surface area contributed by atoms with Crippen molar-refractivity contribution in [2.24, 2.45) is 11.8 Å². The minimum Gasteiger partial charge on any atom is -0.467 e. The van der Waals surface area contributed by atoms with Crippen LogP contribution in [0.15, 0.2) is 50.0 Å². The Balaban J connectivity index is 4.10. The average molecular weight is 206 g/mol. The van der Waals surface area contributed by atoms with Gasteiger partial charge in [-0.15, -0.1) is 13.2 Å². The van der Waals surface area contributed by atoms with Crippen LogP contribution in [0.5, 0.6) is 0 Å². The van der Waals surface area contributed by atoms with E-state index in [-0.39, 0.29) is 11.8 Å². The molecule has 0 fully saturated rings. The molecule has 0 rings (SSSR count). The third-order valence-electron chi connectivity index (χ3n) is 2.40. The van der Waals surface area contributed by atoms with Crippen LogP contribution in [0.3, 0.4) is 0 Å². The van der Waals surface area contributed by atoms with Gasteiger partial charge in [0.15, 0.2) is 0 Å². The maximum absolute atomic E-state index is 5.59. The first-order valence-electron chi connectivity index (χ1n) is 5.30. The van der Waals surface area contributed by atoms with Crippen molar-refractivity contribution < 1.29 is 4.74 Å². The summed E-state index contributed by atoms with van der Waals surface area (Å²) in [6, 6.07) is 0. The maximum atomic E-state index is 5.59. The minimum absolute atomic E-state index is 0.287. The average Bonchev–Trinajstić information content (AvgIpc) is 2.18. The van der Waals surface area contributed by atoms with E-state index in [1.54, 1.807) is 0 Å². The standard InChI is InChI=1S/C14H22O/c1-7-9-11(3)13(5)15-14(6)12(4)10-8-2/h7-8,11-12H,1-2,5-6,9-10H2,3-4H3. The van der Waals surface area contributed by atoms with Gasteiger partial charge < -0.3 is 4.74 Å². The summed E-state index contributed by atoms with van der Waals surface area (Å²) in [5.41, 5.74) is 0. The molecule has 0 amide bonds. The van der Waals surface area contributed by atoms with Crippen molar-refractivity contribution in [3.8, 4) is 0 Å². The van der Waals surface area contributed by atoms with Crippen molar-refractivity contribution >= 4 is 0 Å². The second-order valence-electron chi connectivity index (χ2n) is 3.89. The van der Waals surface area contributed by atoms with Gasteiger partial charge in [0.25, 0.3) is 0 Å². The summed E-state index contributed by atoms with van der Waals surface area (Å²) in [6.07, 6.45) is 5.49. The van der Waals surface area contributed by atoms with E-state index in [2.05, 4.69) is 40.2 Å². The zero-order chi connectivity index (χ0) is 11.8. The van der Waals surface area contributed by atoms with Gasteiger partial charge in [0.2, 0.25) is 0 Å². The first-order chi connectivity index (χ1) is 7.02. The van der Waals surface area contributed by atoms with Crippen molar-refractivity contribution in [2.45, 2.75) is 26.7 Å². The van der Waals surface area contributed by atoms with Crippen molar-refractivity contribution in [3.05, 3.63) is 50.0 Å². The number of rotatable bonds is 8. The van der Waals surface area contributed by atoms with Crippen molar-refractivity contribution in [2.75, 3.05) is 0 Å². The summed E-state index contributed by atoms with van der Waals surface area (Å²) in [5, 5.41) is 0. The van der Waals surface area contributed by atoms with Crippen LogP contribution in [-0.4, -0.2) is 0 Å². The highest BCUT2D eigenvalue weighted by Crippen LogP contribution is 2.22. The first-order valence-corrected chi connectivity index (χ1v) is 5.30. The van der Waals surface area contributed by atoms with Crippen LogP contribution in [0.4, 0.5) is 0 Å². The van der Waals surface area contributed by atoms with Crippen molar-refractivity contribution in [1.82, 2.24) is 0 Å². The van der Waals surface area contributed by atoms with Crippen LogP contribution >= 0.6 is 0 Å². The van der Waals surface area contributed by atoms with Crippen LogP contribution < -0.4 is 0 Å². The summed E-state index contributed by atoms with van der Waals surface area (Å²) in [6.45, 7) is 19.3. The lowest BCUT2D eigenvalue weighted by Gasteiger charge is -2.19. The molecular formula is C14H22O. The Bertz CT molecular complexity index is 224. The summed E-state index contributed by atoms with van der Waals surface area (Å²) >= 11 is 0. The van der Waals surface area contributed by atoms with Gasteiger partial charge in [-0.2, -0.15) is 0 Å². The fourth-order valence-electron chi connectivity index (χ4n) is 1.13. The normalized spacial score (nSPS) is 13.7. The zero-order valence-electron chi connectivity index (χ0n) is 9.96. The number of hydrogen-bond acceptors (Lipinski definition) is 1. The molecule has 2 atom stereocenters. The molecule has 0 spiro atoms. The fourth-order valence-corrected chi connectivity index (χ4v) is 1.13. The van der Waals surface area contributed by atoms with E-state index in [4.69, 9.17) is 4.74 Å². The van der Waals surface area contributed by atoms with Crippen molar-refractivity contribution in [3.63, 3.8) is 0 Å². The Hall–Kier alpha value is -1.24. The Morgan fingerprint density at radius 1 is 1.00 bits per heavy atom. The van der Waals surface area contributed by atoms with E-state index in [0.29, 0.717) is 0 Å². The van der Waals surface area contributed by atoms with Crippen LogP contribution in [-0.2, 0) is 4.74 Å². The smallest absolute Gasteiger partial charge is 0.0995 e. The van der Waals surface area contributed by atoms with Crippen LogP contribution in [0, 0.1) is 11.8 Å². The summed E-state index contributed by atoms with van der Waals surface area (Å²) in [4.78, 5) is 0. The van der Waals surface area contributed by atoms with E-state index < -0.39 is 0 Å². The summed E-state index contributed by atoms with van der Waals surface area (Å²) in [5.74, 6) is 2.09. The molecule has 0 radical (unpaired) electrons. The Morgan fingerprint density at radius 3 is 1.60 bits per heavy atom. The molecule has 0 saturated carbocycles. The molecule has 0 heterocycles. The molecule has 0 aromatic heterocycles. The lowest BCUT2D eigenvalue weighted by Crippen LogP contribution is -2.06. The van der Waals surface area contributed by atoms with Gasteiger partial charge in [0, 0.05) is 11.8 Å². The third-order valence-corrected chi connectivity index (χ3v) is 2.40. The first kappa shape index (κ1) is 13.8. The van der Waals surface area contributed by atoms with E-state index in [9.17, 15) is 0 Å².